The van der Waals surface area contributed by atoms with E-state index in [0.29, 0.717) is 10.8 Å². The lowest BCUT2D eigenvalue weighted by atomic mass is 9.81. The van der Waals surface area contributed by atoms with Crippen molar-refractivity contribution < 1.29 is 4.74 Å². The van der Waals surface area contributed by atoms with Gasteiger partial charge in [-0.2, -0.15) is 23.5 Å². The standard InChI is InChI=1S/C17H33NOS2/c1-5-8-18-15(12-21-16(2,3)4)14-6-9-19-17(11-14)7-10-20-13-17/h14-15,18H,5-13H2,1-4H3. The second-order valence-electron chi connectivity index (χ2n) is 7.57. The van der Waals surface area contributed by atoms with Gasteiger partial charge in [0, 0.05) is 28.9 Å². The van der Waals surface area contributed by atoms with E-state index in [1.807, 2.05) is 0 Å². The molecule has 0 aromatic heterocycles. The Bertz CT molecular complexity index is 310. The number of rotatable bonds is 6. The summed E-state index contributed by atoms with van der Waals surface area (Å²) in [5.41, 5.74) is 0.214. The first-order chi connectivity index (χ1) is 9.94. The molecular formula is C17H33NOS2. The molecule has 0 amide bonds. The molecule has 4 heteroatoms. The van der Waals surface area contributed by atoms with Crippen molar-refractivity contribution in [1.82, 2.24) is 5.32 Å². The molecule has 2 heterocycles. The smallest absolute Gasteiger partial charge is 0.0783 e. The van der Waals surface area contributed by atoms with Crippen LogP contribution in [0.2, 0.25) is 0 Å². The summed E-state index contributed by atoms with van der Waals surface area (Å²) < 4.78 is 6.56. The first-order valence-electron chi connectivity index (χ1n) is 8.53. The molecule has 2 nitrogen and oxygen atoms in total. The molecule has 2 aliphatic rings. The van der Waals surface area contributed by atoms with Gasteiger partial charge in [-0.15, -0.1) is 0 Å². The zero-order valence-corrected chi connectivity index (χ0v) is 15.9. The SMILES string of the molecule is CCCNC(CSC(C)(C)C)C1CCOC2(CCSC2)C1. The van der Waals surface area contributed by atoms with Crippen LogP contribution in [0.3, 0.4) is 0 Å². The second kappa shape index (κ2) is 7.94. The van der Waals surface area contributed by atoms with Gasteiger partial charge in [0.2, 0.25) is 0 Å². The predicted molar refractivity (Wildman–Crippen MR) is 97.6 cm³/mol. The van der Waals surface area contributed by atoms with E-state index in [2.05, 4.69) is 56.5 Å². The van der Waals surface area contributed by atoms with Crippen molar-refractivity contribution in [3.63, 3.8) is 0 Å². The van der Waals surface area contributed by atoms with Gasteiger partial charge in [-0.1, -0.05) is 27.7 Å². The second-order valence-corrected chi connectivity index (χ2v) is 10.5. The lowest BCUT2D eigenvalue weighted by molar-refractivity contribution is -0.0838. The van der Waals surface area contributed by atoms with Crippen LogP contribution in [-0.4, -0.2) is 46.8 Å². The van der Waals surface area contributed by atoms with E-state index >= 15 is 0 Å². The van der Waals surface area contributed by atoms with Crippen LogP contribution in [0.1, 0.15) is 53.4 Å². The number of hydrogen-bond acceptors (Lipinski definition) is 4. The van der Waals surface area contributed by atoms with Gasteiger partial charge in [0.1, 0.15) is 0 Å². The Morgan fingerprint density at radius 2 is 2.24 bits per heavy atom. The molecule has 1 spiro atoms. The van der Waals surface area contributed by atoms with Gasteiger partial charge < -0.3 is 10.1 Å². The Kier molecular flexibility index (Phi) is 6.79. The molecule has 0 saturated carbocycles. The molecule has 124 valence electrons. The summed E-state index contributed by atoms with van der Waals surface area (Å²) in [5.74, 6) is 4.53. The van der Waals surface area contributed by atoms with Crippen LogP contribution in [0.5, 0.6) is 0 Å². The predicted octanol–water partition coefficient (Wildman–Crippen LogP) is 4.19. The molecule has 0 aliphatic carbocycles. The zero-order chi connectivity index (χ0) is 15.3. The topological polar surface area (TPSA) is 21.3 Å². The third-order valence-corrected chi connectivity index (χ3v) is 7.13. The minimum absolute atomic E-state index is 0.214. The normalized spacial score (nSPS) is 31.7. The highest BCUT2D eigenvalue weighted by molar-refractivity contribution is 8.00. The van der Waals surface area contributed by atoms with Crippen molar-refractivity contribution in [2.24, 2.45) is 5.92 Å². The first kappa shape index (κ1) is 18.0. The summed E-state index contributed by atoms with van der Waals surface area (Å²) >= 11 is 4.19. The van der Waals surface area contributed by atoms with E-state index in [9.17, 15) is 0 Å². The minimum atomic E-state index is 0.214. The van der Waals surface area contributed by atoms with Crippen LogP contribution in [0.15, 0.2) is 0 Å². The van der Waals surface area contributed by atoms with Crippen molar-refractivity contribution >= 4 is 23.5 Å². The molecule has 2 fully saturated rings. The minimum Gasteiger partial charge on any atom is -0.374 e. The average molecular weight is 332 g/mol. The van der Waals surface area contributed by atoms with Crippen molar-refractivity contribution in [3.8, 4) is 0 Å². The van der Waals surface area contributed by atoms with Crippen LogP contribution in [-0.2, 0) is 4.74 Å². The quantitative estimate of drug-likeness (QED) is 0.787. The lowest BCUT2D eigenvalue weighted by Crippen LogP contribution is -2.48. The lowest BCUT2D eigenvalue weighted by Gasteiger charge is -2.41. The van der Waals surface area contributed by atoms with Gasteiger partial charge in [0.25, 0.3) is 0 Å². The summed E-state index contributed by atoms with van der Waals surface area (Å²) in [6, 6.07) is 0.653. The third-order valence-electron chi connectivity index (χ3n) is 4.52. The molecule has 0 aromatic carbocycles. The van der Waals surface area contributed by atoms with Crippen molar-refractivity contribution in [3.05, 3.63) is 0 Å². The van der Waals surface area contributed by atoms with E-state index in [4.69, 9.17) is 4.74 Å². The summed E-state index contributed by atoms with van der Waals surface area (Å²) in [6.45, 7) is 11.4. The van der Waals surface area contributed by atoms with Gasteiger partial charge in [-0.25, -0.2) is 0 Å². The molecule has 2 saturated heterocycles. The first-order valence-corrected chi connectivity index (χ1v) is 10.7. The van der Waals surface area contributed by atoms with Crippen molar-refractivity contribution in [2.45, 2.75) is 69.8 Å². The van der Waals surface area contributed by atoms with E-state index in [0.717, 1.165) is 19.1 Å². The summed E-state index contributed by atoms with van der Waals surface area (Å²) in [4.78, 5) is 0. The number of hydrogen-bond donors (Lipinski definition) is 1. The van der Waals surface area contributed by atoms with E-state index in [1.54, 1.807) is 0 Å². The Morgan fingerprint density at radius 1 is 1.43 bits per heavy atom. The van der Waals surface area contributed by atoms with Gasteiger partial charge in [0.15, 0.2) is 0 Å². The molecule has 3 atom stereocenters. The fourth-order valence-electron chi connectivity index (χ4n) is 3.30. The summed E-state index contributed by atoms with van der Waals surface area (Å²) in [6.07, 6.45) is 4.99. The monoisotopic (exact) mass is 331 g/mol. The molecule has 2 aliphatic heterocycles. The third kappa shape index (κ3) is 5.63. The molecule has 0 radical (unpaired) electrons. The maximum Gasteiger partial charge on any atom is 0.0783 e. The Balaban J connectivity index is 1.94. The van der Waals surface area contributed by atoms with Crippen molar-refractivity contribution in [2.75, 3.05) is 30.4 Å². The van der Waals surface area contributed by atoms with Crippen LogP contribution in [0.25, 0.3) is 0 Å². The number of thioether (sulfide) groups is 2. The average Bonchev–Trinajstić information content (AvgIpc) is 2.85. The van der Waals surface area contributed by atoms with Crippen molar-refractivity contribution in [1.29, 1.82) is 0 Å². The maximum absolute atomic E-state index is 6.20. The van der Waals surface area contributed by atoms with E-state index < -0.39 is 0 Å². The van der Waals surface area contributed by atoms with Crippen LogP contribution >= 0.6 is 23.5 Å². The number of nitrogens with one attached hydrogen (secondary N) is 1. The highest BCUT2D eigenvalue weighted by Crippen LogP contribution is 2.42. The van der Waals surface area contributed by atoms with Crippen LogP contribution in [0.4, 0.5) is 0 Å². The Labute approximate surface area is 139 Å². The summed E-state index contributed by atoms with van der Waals surface area (Å²) in [5, 5.41) is 3.83. The summed E-state index contributed by atoms with van der Waals surface area (Å²) in [7, 11) is 0. The number of ether oxygens (including phenoxy) is 1. The zero-order valence-electron chi connectivity index (χ0n) is 14.2. The molecule has 0 bridgehead atoms. The fraction of sp³-hybridized carbons (Fsp3) is 1.00. The molecule has 3 unspecified atom stereocenters. The molecule has 0 aromatic rings. The largest absolute Gasteiger partial charge is 0.374 e. The van der Waals surface area contributed by atoms with Crippen LogP contribution < -0.4 is 5.32 Å². The fourth-order valence-corrected chi connectivity index (χ4v) is 5.75. The molecule has 2 rings (SSSR count). The van der Waals surface area contributed by atoms with Crippen LogP contribution in [0, 0.1) is 5.92 Å². The Morgan fingerprint density at radius 3 is 2.86 bits per heavy atom. The highest BCUT2D eigenvalue weighted by atomic mass is 32.2. The Hall–Kier alpha value is 0.620. The molecule has 21 heavy (non-hydrogen) atoms. The van der Waals surface area contributed by atoms with Gasteiger partial charge in [-0.3, -0.25) is 0 Å². The maximum atomic E-state index is 6.20. The highest BCUT2D eigenvalue weighted by Gasteiger charge is 2.42. The van der Waals surface area contributed by atoms with Gasteiger partial charge >= 0.3 is 0 Å². The van der Waals surface area contributed by atoms with E-state index in [1.165, 1.54) is 42.9 Å². The molecule has 1 N–H and O–H groups in total. The van der Waals surface area contributed by atoms with Gasteiger partial charge in [-0.05, 0) is 43.9 Å². The molecular weight excluding hydrogens is 298 g/mol. The van der Waals surface area contributed by atoms with E-state index in [-0.39, 0.29) is 5.60 Å². The van der Waals surface area contributed by atoms with Gasteiger partial charge in [0.05, 0.1) is 5.60 Å².